The molecule has 0 amide bonds. The Morgan fingerprint density at radius 3 is 3.07 bits per heavy atom. The molecule has 2 aliphatic carbocycles. The predicted molar refractivity (Wildman–Crippen MR) is 65.0 cm³/mol. The van der Waals surface area contributed by atoms with Gasteiger partial charge >= 0.3 is 0 Å². The van der Waals surface area contributed by atoms with Crippen LogP contribution in [0.1, 0.15) is 46.7 Å². The molecule has 1 aromatic rings. The number of ether oxygens (including phenoxy) is 1. The van der Waals surface area contributed by atoms with Gasteiger partial charge in [-0.05, 0) is 60.4 Å². The highest BCUT2D eigenvalue weighted by molar-refractivity contribution is 9.09. The lowest BCUT2D eigenvalue weighted by Crippen LogP contribution is -2.06. The van der Waals surface area contributed by atoms with Crippen molar-refractivity contribution in [1.82, 2.24) is 0 Å². The van der Waals surface area contributed by atoms with Crippen molar-refractivity contribution in [2.24, 2.45) is 0 Å². The summed E-state index contributed by atoms with van der Waals surface area (Å²) in [6, 6.07) is 4.44. The highest BCUT2D eigenvalue weighted by atomic mass is 79.9. The molecule has 0 radical (unpaired) electrons. The van der Waals surface area contributed by atoms with Crippen LogP contribution in [0.2, 0.25) is 0 Å². The predicted octanol–water partition coefficient (Wildman–Crippen LogP) is 3.95. The fourth-order valence-corrected chi connectivity index (χ4v) is 3.92. The first-order chi connectivity index (χ1) is 7.29. The van der Waals surface area contributed by atoms with Crippen LogP contribution in [0.15, 0.2) is 12.1 Å². The maximum Gasteiger partial charge on any atom is 0.119 e. The largest absolute Gasteiger partial charge is 0.497 e. The van der Waals surface area contributed by atoms with Crippen LogP contribution in [0.5, 0.6) is 5.75 Å². The summed E-state index contributed by atoms with van der Waals surface area (Å²) in [5.41, 5.74) is 4.64. The summed E-state index contributed by atoms with van der Waals surface area (Å²) in [4.78, 5) is 0.546. The van der Waals surface area contributed by atoms with Crippen molar-refractivity contribution in [2.45, 2.75) is 36.4 Å². The van der Waals surface area contributed by atoms with Gasteiger partial charge in [0, 0.05) is 4.83 Å². The van der Waals surface area contributed by atoms with Gasteiger partial charge in [-0.25, -0.2) is 0 Å². The van der Waals surface area contributed by atoms with E-state index in [9.17, 15) is 0 Å². The van der Waals surface area contributed by atoms with E-state index in [1.165, 1.54) is 36.8 Å². The third-order valence-corrected chi connectivity index (χ3v) is 4.61. The van der Waals surface area contributed by atoms with E-state index in [-0.39, 0.29) is 0 Å². The van der Waals surface area contributed by atoms with Crippen LogP contribution < -0.4 is 4.74 Å². The Labute approximate surface area is 99.0 Å². The lowest BCUT2D eigenvalue weighted by molar-refractivity contribution is 0.413. The second-order valence-electron chi connectivity index (χ2n) is 4.58. The summed E-state index contributed by atoms with van der Waals surface area (Å²) in [7, 11) is 1.76. The minimum Gasteiger partial charge on any atom is -0.497 e. The number of hydrogen-bond donors (Lipinski definition) is 0. The van der Waals surface area contributed by atoms with Crippen molar-refractivity contribution in [1.29, 1.82) is 0 Å². The minimum atomic E-state index is 0.546. The Balaban J connectivity index is 2.18. The number of aryl methyl sites for hydroxylation is 1. The Morgan fingerprint density at radius 2 is 2.27 bits per heavy atom. The van der Waals surface area contributed by atoms with E-state index in [4.69, 9.17) is 4.74 Å². The molecule has 0 fully saturated rings. The van der Waals surface area contributed by atoms with Crippen molar-refractivity contribution in [3.05, 3.63) is 28.8 Å². The van der Waals surface area contributed by atoms with Gasteiger partial charge in [0.15, 0.2) is 0 Å². The molecule has 2 aliphatic rings. The van der Waals surface area contributed by atoms with Crippen molar-refractivity contribution < 1.29 is 4.74 Å². The summed E-state index contributed by atoms with van der Waals surface area (Å²) >= 11 is 3.79. The van der Waals surface area contributed by atoms with Crippen molar-refractivity contribution in [3.8, 4) is 5.75 Å². The van der Waals surface area contributed by atoms with Crippen LogP contribution in [0.25, 0.3) is 0 Å². The van der Waals surface area contributed by atoms with Gasteiger partial charge in [0.05, 0.1) is 7.11 Å². The fraction of sp³-hybridized carbons (Fsp3) is 0.538. The Morgan fingerprint density at radius 1 is 1.40 bits per heavy atom. The Kier molecular flexibility index (Phi) is 2.27. The van der Waals surface area contributed by atoms with Gasteiger partial charge in [-0.15, -0.1) is 0 Å². The summed E-state index contributed by atoms with van der Waals surface area (Å²) in [5.74, 6) is 1.83. The molecule has 0 aliphatic heterocycles. The Bertz CT molecular complexity index is 400. The molecule has 0 aromatic heterocycles. The van der Waals surface area contributed by atoms with Crippen LogP contribution in [0, 0.1) is 0 Å². The first kappa shape index (κ1) is 9.71. The zero-order valence-corrected chi connectivity index (χ0v) is 10.5. The van der Waals surface area contributed by atoms with Crippen LogP contribution in [-0.4, -0.2) is 7.11 Å². The first-order valence-electron chi connectivity index (χ1n) is 5.64. The number of rotatable bonds is 1. The van der Waals surface area contributed by atoms with Crippen molar-refractivity contribution in [3.63, 3.8) is 0 Å². The average molecular weight is 267 g/mol. The molecule has 15 heavy (non-hydrogen) atoms. The van der Waals surface area contributed by atoms with Crippen LogP contribution in [0.3, 0.4) is 0 Å². The second kappa shape index (κ2) is 3.51. The van der Waals surface area contributed by atoms with Gasteiger partial charge in [0.2, 0.25) is 0 Å². The van der Waals surface area contributed by atoms with E-state index in [1.807, 2.05) is 0 Å². The van der Waals surface area contributed by atoms with E-state index in [1.54, 1.807) is 12.7 Å². The summed E-state index contributed by atoms with van der Waals surface area (Å²) in [5, 5.41) is 0. The molecule has 80 valence electrons. The quantitative estimate of drug-likeness (QED) is 0.700. The highest BCUT2D eigenvalue weighted by Crippen LogP contribution is 2.51. The van der Waals surface area contributed by atoms with Crippen LogP contribution >= 0.6 is 15.9 Å². The maximum absolute atomic E-state index is 5.37. The molecule has 0 spiro atoms. The molecule has 1 aromatic carbocycles. The van der Waals surface area contributed by atoms with E-state index in [2.05, 4.69) is 28.1 Å². The Hall–Kier alpha value is -0.500. The second-order valence-corrected chi connectivity index (χ2v) is 5.69. The van der Waals surface area contributed by atoms with Gasteiger partial charge in [0.25, 0.3) is 0 Å². The van der Waals surface area contributed by atoms with E-state index >= 15 is 0 Å². The molecule has 0 saturated heterocycles. The molecule has 1 nitrogen and oxygen atoms in total. The van der Waals surface area contributed by atoms with Gasteiger partial charge in [-0.1, -0.05) is 15.9 Å². The van der Waals surface area contributed by atoms with Crippen molar-refractivity contribution in [2.75, 3.05) is 7.11 Å². The molecule has 0 heterocycles. The third kappa shape index (κ3) is 1.42. The number of benzene rings is 1. The normalized spacial score (nSPS) is 27.6. The number of alkyl halides is 1. The number of halogens is 1. The molecule has 2 heteroatoms. The van der Waals surface area contributed by atoms with Gasteiger partial charge in [0.1, 0.15) is 5.75 Å². The molecule has 0 bridgehead atoms. The summed E-state index contributed by atoms with van der Waals surface area (Å²) in [6.45, 7) is 0. The van der Waals surface area contributed by atoms with E-state index in [0.717, 1.165) is 11.7 Å². The van der Waals surface area contributed by atoms with Gasteiger partial charge in [-0.2, -0.15) is 0 Å². The molecular weight excluding hydrogens is 252 g/mol. The van der Waals surface area contributed by atoms with Crippen molar-refractivity contribution >= 4 is 15.9 Å². The maximum atomic E-state index is 5.37. The lowest BCUT2D eigenvalue weighted by atomic mass is 9.84. The van der Waals surface area contributed by atoms with Crippen LogP contribution in [0.4, 0.5) is 0 Å². The lowest BCUT2D eigenvalue weighted by Gasteiger charge is -2.22. The van der Waals surface area contributed by atoms with Gasteiger partial charge in [-0.3, -0.25) is 0 Å². The van der Waals surface area contributed by atoms with Gasteiger partial charge < -0.3 is 4.74 Å². The zero-order chi connectivity index (χ0) is 10.4. The smallest absolute Gasteiger partial charge is 0.119 e. The third-order valence-electron chi connectivity index (χ3n) is 3.74. The zero-order valence-electron chi connectivity index (χ0n) is 8.92. The molecular formula is C13H15BrO. The van der Waals surface area contributed by atoms with Crippen LogP contribution in [-0.2, 0) is 6.42 Å². The van der Waals surface area contributed by atoms with E-state index < -0.39 is 0 Å². The molecule has 2 atom stereocenters. The highest BCUT2D eigenvalue weighted by Gasteiger charge is 2.33. The minimum absolute atomic E-state index is 0.546. The molecule has 0 saturated carbocycles. The summed E-state index contributed by atoms with van der Waals surface area (Å²) in [6.07, 6.45) is 5.21. The number of methoxy groups -OCH3 is 1. The van der Waals surface area contributed by atoms with E-state index in [0.29, 0.717) is 4.83 Å². The number of hydrogen-bond acceptors (Lipinski definition) is 1. The topological polar surface area (TPSA) is 9.23 Å². The molecule has 2 unspecified atom stereocenters. The molecule has 3 rings (SSSR count). The monoisotopic (exact) mass is 266 g/mol. The molecule has 0 N–H and O–H groups in total. The first-order valence-corrected chi connectivity index (χ1v) is 6.56. The fourth-order valence-electron chi connectivity index (χ4n) is 3.08. The SMILES string of the molecule is COc1cc2c3c(c1)C(Br)CC3CCC2. The standard InChI is InChI=1S/C13H15BrO/c1-15-10-5-8-3-2-4-9-6-12(14)11(7-10)13(8)9/h5,7,9,12H,2-4,6H2,1H3. The summed E-state index contributed by atoms with van der Waals surface area (Å²) < 4.78 is 5.37. The average Bonchev–Trinajstić information content (AvgIpc) is 2.58.